The van der Waals surface area contributed by atoms with Gasteiger partial charge in [-0.1, -0.05) is 12.8 Å². The van der Waals surface area contributed by atoms with Crippen molar-refractivity contribution in [2.75, 3.05) is 0 Å². The molecule has 0 atom stereocenters. The molecule has 1 aliphatic carbocycles. The maximum atomic E-state index is 13.1. The lowest BCUT2D eigenvalue weighted by Gasteiger charge is -2.28. The summed E-state index contributed by atoms with van der Waals surface area (Å²) in [5, 5.41) is 16.6. The van der Waals surface area contributed by atoms with E-state index < -0.39 is 23.8 Å². The Hall–Kier alpha value is -1.99. The Bertz CT molecular complexity index is 495. The van der Waals surface area contributed by atoms with Crippen molar-refractivity contribution in [1.29, 1.82) is 0 Å². The molecule has 104 valence electrons. The van der Waals surface area contributed by atoms with Crippen LogP contribution in [0, 0.1) is 0 Å². The number of nitrogens with zero attached hydrogens (tertiary/aromatic N) is 1. The zero-order chi connectivity index (χ0) is 14.0. The average molecular weight is 273 g/mol. The highest BCUT2D eigenvalue weighted by Gasteiger charge is 2.44. The molecular formula is C11H13F2N3O3. The number of aromatic carboxylic acids is 1. The molecule has 0 aromatic carbocycles. The molecule has 6 nitrogen and oxygen atoms in total. The van der Waals surface area contributed by atoms with Gasteiger partial charge in [0.15, 0.2) is 5.69 Å². The van der Waals surface area contributed by atoms with Gasteiger partial charge in [0.1, 0.15) is 11.2 Å². The van der Waals surface area contributed by atoms with Crippen molar-refractivity contribution in [3.63, 3.8) is 0 Å². The third kappa shape index (κ3) is 2.56. The van der Waals surface area contributed by atoms with Gasteiger partial charge >= 0.3 is 5.97 Å². The summed E-state index contributed by atoms with van der Waals surface area (Å²) in [5.41, 5.74) is -1.98. The van der Waals surface area contributed by atoms with Crippen molar-refractivity contribution >= 4 is 11.9 Å². The first-order valence-electron chi connectivity index (χ1n) is 5.84. The number of aromatic amines is 1. The van der Waals surface area contributed by atoms with E-state index in [1.54, 1.807) is 0 Å². The van der Waals surface area contributed by atoms with Crippen LogP contribution in [0.2, 0.25) is 0 Å². The van der Waals surface area contributed by atoms with Crippen LogP contribution in [0.1, 0.15) is 46.7 Å². The molecule has 1 amide bonds. The van der Waals surface area contributed by atoms with Gasteiger partial charge in [-0.05, 0) is 12.8 Å². The van der Waals surface area contributed by atoms with Gasteiger partial charge in [-0.15, -0.1) is 0 Å². The summed E-state index contributed by atoms with van der Waals surface area (Å²) in [6.45, 7) is 0. The molecule has 0 unspecified atom stereocenters. The van der Waals surface area contributed by atoms with Crippen LogP contribution in [0.3, 0.4) is 0 Å². The summed E-state index contributed by atoms with van der Waals surface area (Å²) in [7, 11) is 0. The molecule has 1 saturated carbocycles. The molecule has 8 heteroatoms. The Morgan fingerprint density at radius 1 is 1.42 bits per heavy atom. The van der Waals surface area contributed by atoms with E-state index in [0.717, 1.165) is 6.07 Å². The Morgan fingerprint density at radius 2 is 2.05 bits per heavy atom. The Kier molecular flexibility index (Phi) is 3.50. The standard InChI is InChI=1S/C11H13F2N3O3/c12-10(13)11(3-1-2-4-11)14-8(17)6-5-7(9(18)19)16-15-6/h5,10H,1-4H2,(H,14,17)(H,15,16)(H,18,19). The van der Waals surface area contributed by atoms with E-state index in [1.165, 1.54) is 0 Å². The maximum Gasteiger partial charge on any atom is 0.353 e. The highest BCUT2D eigenvalue weighted by atomic mass is 19.3. The number of carboxylic acids is 1. The number of amides is 1. The van der Waals surface area contributed by atoms with Crippen LogP contribution in [0.25, 0.3) is 0 Å². The second-order valence-electron chi connectivity index (χ2n) is 4.59. The van der Waals surface area contributed by atoms with Crippen LogP contribution in [0.4, 0.5) is 8.78 Å². The molecule has 1 aliphatic rings. The average Bonchev–Trinajstić information content (AvgIpc) is 2.97. The van der Waals surface area contributed by atoms with Crippen molar-refractivity contribution in [1.82, 2.24) is 15.5 Å². The first-order chi connectivity index (χ1) is 8.94. The fourth-order valence-corrected chi connectivity index (χ4v) is 2.24. The smallest absolute Gasteiger partial charge is 0.353 e. The van der Waals surface area contributed by atoms with Crippen LogP contribution in [-0.2, 0) is 0 Å². The molecule has 1 fully saturated rings. The van der Waals surface area contributed by atoms with E-state index in [9.17, 15) is 18.4 Å². The van der Waals surface area contributed by atoms with Crippen LogP contribution >= 0.6 is 0 Å². The van der Waals surface area contributed by atoms with Gasteiger partial charge in [-0.3, -0.25) is 9.89 Å². The second kappa shape index (κ2) is 4.94. The predicted molar refractivity (Wildman–Crippen MR) is 60.2 cm³/mol. The molecule has 19 heavy (non-hydrogen) atoms. The number of carbonyl (C=O) groups is 2. The van der Waals surface area contributed by atoms with Crippen molar-refractivity contribution in [2.45, 2.75) is 37.6 Å². The maximum absolute atomic E-state index is 13.1. The van der Waals surface area contributed by atoms with Gasteiger partial charge in [0.05, 0.1) is 0 Å². The molecule has 0 bridgehead atoms. The molecule has 3 N–H and O–H groups in total. The molecule has 0 aliphatic heterocycles. The van der Waals surface area contributed by atoms with E-state index in [-0.39, 0.29) is 24.2 Å². The fraction of sp³-hybridized carbons (Fsp3) is 0.545. The number of H-pyrrole nitrogens is 1. The minimum Gasteiger partial charge on any atom is -0.477 e. The van der Waals surface area contributed by atoms with E-state index in [0.29, 0.717) is 12.8 Å². The summed E-state index contributed by atoms with van der Waals surface area (Å²) < 4.78 is 26.1. The van der Waals surface area contributed by atoms with Crippen LogP contribution in [0.15, 0.2) is 6.07 Å². The van der Waals surface area contributed by atoms with Gasteiger partial charge in [0.2, 0.25) is 0 Å². The summed E-state index contributed by atoms with van der Waals surface area (Å²) in [6.07, 6.45) is -0.965. The molecule has 0 saturated heterocycles. The lowest BCUT2D eigenvalue weighted by Crippen LogP contribution is -2.51. The predicted octanol–water partition coefficient (Wildman–Crippen LogP) is 1.42. The van der Waals surface area contributed by atoms with Gasteiger partial charge < -0.3 is 10.4 Å². The summed E-state index contributed by atoms with van der Waals surface area (Å²) in [6, 6.07) is 1.02. The first kappa shape index (κ1) is 13.4. The number of carboxylic acid groups (broad SMARTS) is 1. The molecule has 1 aromatic rings. The number of rotatable bonds is 4. The van der Waals surface area contributed by atoms with Gasteiger partial charge in [-0.2, -0.15) is 5.10 Å². The van der Waals surface area contributed by atoms with Crippen LogP contribution in [0.5, 0.6) is 0 Å². The van der Waals surface area contributed by atoms with E-state index in [2.05, 4.69) is 15.5 Å². The number of halogens is 2. The largest absolute Gasteiger partial charge is 0.477 e. The molecule has 0 spiro atoms. The van der Waals surface area contributed by atoms with E-state index in [1.807, 2.05) is 0 Å². The Morgan fingerprint density at radius 3 is 2.53 bits per heavy atom. The highest BCUT2D eigenvalue weighted by Crippen LogP contribution is 2.35. The van der Waals surface area contributed by atoms with Gasteiger partial charge in [0.25, 0.3) is 12.3 Å². The van der Waals surface area contributed by atoms with E-state index >= 15 is 0 Å². The SMILES string of the molecule is O=C(NC1(C(F)F)CCCC1)c1cc(C(=O)O)[nH]n1. The molecule has 2 rings (SSSR count). The molecule has 1 aromatic heterocycles. The lowest BCUT2D eigenvalue weighted by atomic mass is 9.98. The third-order valence-corrected chi connectivity index (χ3v) is 3.32. The molecule has 1 heterocycles. The first-order valence-corrected chi connectivity index (χ1v) is 5.84. The van der Waals surface area contributed by atoms with Gasteiger partial charge in [0, 0.05) is 6.07 Å². The summed E-state index contributed by atoms with van der Waals surface area (Å²) in [5.74, 6) is -2.05. The summed E-state index contributed by atoms with van der Waals surface area (Å²) in [4.78, 5) is 22.5. The number of hydrogen-bond acceptors (Lipinski definition) is 3. The number of hydrogen-bond donors (Lipinski definition) is 3. The van der Waals surface area contributed by atoms with Crippen molar-refractivity contribution in [3.05, 3.63) is 17.5 Å². The van der Waals surface area contributed by atoms with Crippen LogP contribution in [-0.4, -0.2) is 39.1 Å². The quantitative estimate of drug-likeness (QED) is 0.773. The number of carbonyl (C=O) groups excluding carboxylic acids is 1. The molecular weight excluding hydrogens is 260 g/mol. The fourth-order valence-electron chi connectivity index (χ4n) is 2.24. The zero-order valence-corrected chi connectivity index (χ0v) is 9.95. The van der Waals surface area contributed by atoms with Crippen molar-refractivity contribution in [2.24, 2.45) is 0 Å². The monoisotopic (exact) mass is 273 g/mol. The van der Waals surface area contributed by atoms with Crippen molar-refractivity contribution < 1.29 is 23.5 Å². The number of aromatic nitrogens is 2. The Balaban J connectivity index is 2.13. The minimum absolute atomic E-state index is 0.204. The second-order valence-corrected chi connectivity index (χ2v) is 4.59. The number of nitrogens with one attached hydrogen (secondary N) is 2. The Labute approximate surface area is 107 Å². The highest BCUT2D eigenvalue weighted by molar-refractivity contribution is 5.95. The lowest BCUT2D eigenvalue weighted by molar-refractivity contribution is 0.0302. The van der Waals surface area contributed by atoms with Crippen LogP contribution < -0.4 is 5.32 Å². The summed E-state index contributed by atoms with van der Waals surface area (Å²) >= 11 is 0. The van der Waals surface area contributed by atoms with Gasteiger partial charge in [-0.25, -0.2) is 13.6 Å². The normalized spacial score (nSPS) is 17.6. The minimum atomic E-state index is -2.66. The van der Waals surface area contributed by atoms with Crippen molar-refractivity contribution in [3.8, 4) is 0 Å². The zero-order valence-electron chi connectivity index (χ0n) is 9.95. The topological polar surface area (TPSA) is 95.1 Å². The number of alkyl halides is 2. The third-order valence-electron chi connectivity index (χ3n) is 3.32. The van der Waals surface area contributed by atoms with E-state index in [4.69, 9.17) is 5.11 Å². The molecule has 0 radical (unpaired) electrons.